The third-order valence-corrected chi connectivity index (χ3v) is 4.82. The molecule has 0 aliphatic heterocycles. The van der Waals surface area contributed by atoms with Gasteiger partial charge in [0.15, 0.2) is 0 Å². The summed E-state index contributed by atoms with van der Waals surface area (Å²) in [7, 11) is 0. The summed E-state index contributed by atoms with van der Waals surface area (Å²) in [6, 6.07) is 0. The first-order valence-electron chi connectivity index (χ1n) is 10.0. The molecule has 0 N–H and O–H groups in total. The average Bonchev–Trinajstić information content (AvgIpc) is 2.55. The fourth-order valence-electron chi connectivity index (χ4n) is 2.73. The lowest BCUT2D eigenvalue weighted by molar-refractivity contribution is 0.421. The second kappa shape index (κ2) is 14.8. The normalized spacial score (nSPS) is 15.3. The van der Waals surface area contributed by atoms with Gasteiger partial charge in [0.2, 0.25) is 0 Å². The van der Waals surface area contributed by atoms with Gasteiger partial charge in [-0.25, -0.2) is 0 Å². The molecule has 0 aromatic heterocycles. The van der Waals surface area contributed by atoms with E-state index in [1.54, 1.807) is 5.57 Å². The maximum atomic E-state index is 3.85. The van der Waals surface area contributed by atoms with Crippen LogP contribution in [0.25, 0.3) is 0 Å². The van der Waals surface area contributed by atoms with Crippen LogP contribution < -0.4 is 0 Å². The van der Waals surface area contributed by atoms with Gasteiger partial charge in [0.1, 0.15) is 0 Å². The van der Waals surface area contributed by atoms with Crippen molar-refractivity contribution >= 4 is 0 Å². The summed E-state index contributed by atoms with van der Waals surface area (Å²) in [5, 5.41) is 0. The van der Waals surface area contributed by atoms with Crippen molar-refractivity contribution in [3.8, 4) is 0 Å². The van der Waals surface area contributed by atoms with Crippen LogP contribution in [0, 0.1) is 17.8 Å². The van der Waals surface area contributed by atoms with E-state index >= 15 is 0 Å². The van der Waals surface area contributed by atoms with Gasteiger partial charge in [-0.3, -0.25) is 0 Å². The zero-order valence-corrected chi connectivity index (χ0v) is 16.6. The smallest absolute Gasteiger partial charge is 0.0261 e. The van der Waals surface area contributed by atoms with E-state index in [2.05, 4.69) is 65.5 Å². The fourth-order valence-corrected chi connectivity index (χ4v) is 2.73. The Morgan fingerprint density at radius 1 is 1.00 bits per heavy atom. The second-order valence-corrected chi connectivity index (χ2v) is 7.54. The molecule has 0 fully saturated rings. The van der Waals surface area contributed by atoms with Gasteiger partial charge in [-0.2, -0.15) is 0 Å². The van der Waals surface area contributed by atoms with Gasteiger partial charge in [-0.05, 0) is 49.9 Å². The van der Waals surface area contributed by atoms with Crippen LogP contribution in [0.15, 0.2) is 36.5 Å². The van der Waals surface area contributed by atoms with Crippen LogP contribution >= 0.6 is 0 Å². The molecule has 0 nitrogen and oxygen atoms in total. The van der Waals surface area contributed by atoms with Gasteiger partial charge in [0, 0.05) is 0 Å². The van der Waals surface area contributed by atoms with Gasteiger partial charge >= 0.3 is 0 Å². The Balaban J connectivity index is 4.29. The van der Waals surface area contributed by atoms with Crippen LogP contribution in [0.5, 0.6) is 0 Å². The highest BCUT2D eigenvalue weighted by Crippen LogP contribution is 2.21. The summed E-state index contributed by atoms with van der Waals surface area (Å²) in [6.07, 6.45) is 20.9. The largest absolute Gasteiger partial charge is 0.103 e. The number of unbranched alkanes of at least 4 members (excludes halogenated alkanes) is 1. The Kier molecular flexibility index (Phi) is 14.3. The van der Waals surface area contributed by atoms with Gasteiger partial charge in [-0.15, -0.1) is 6.58 Å². The highest BCUT2D eigenvalue weighted by molar-refractivity contribution is 5.19. The van der Waals surface area contributed by atoms with Crippen molar-refractivity contribution in [1.82, 2.24) is 0 Å². The molecule has 0 saturated heterocycles. The average molecular weight is 319 g/mol. The Morgan fingerprint density at radius 2 is 1.74 bits per heavy atom. The van der Waals surface area contributed by atoms with E-state index in [0.717, 1.165) is 11.8 Å². The maximum Gasteiger partial charge on any atom is -0.0261 e. The lowest BCUT2D eigenvalue weighted by atomic mass is 9.93. The fraction of sp³-hybridized carbons (Fsp3) is 0.739. The Labute approximate surface area is 147 Å². The van der Waals surface area contributed by atoms with Crippen molar-refractivity contribution in [2.75, 3.05) is 0 Å². The SMILES string of the molecule is C=CCCC(CC)CCCCC(C=CC(C)CC)=CCC(C)C. The lowest BCUT2D eigenvalue weighted by Gasteiger charge is -2.13. The molecule has 0 bridgehead atoms. The van der Waals surface area contributed by atoms with Crippen molar-refractivity contribution in [1.29, 1.82) is 0 Å². The standard InChI is InChI=1S/C23H42/c1-7-10-13-22(9-3)14-11-12-15-23(18-16-20(4)5)19-17-21(6)8-2/h7,17-22H,1,8-16H2,2-6H3. The molecule has 0 aromatic carbocycles. The summed E-state index contributed by atoms with van der Waals surface area (Å²) < 4.78 is 0. The zero-order chi connectivity index (χ0) is 17.5. The van der Waals surface area contributed by atoms with E-state index in [4.69, 9.17) is 0 Å². The molecule has 0 rings (SSSR count). The molecule has 0 aromatic rings. The number of hydrogen-bond donors (Lipinski definition) is 0. The molecule has 23 heavy (non-hydrogen) atoms. The predicted octanol–water partition coefficient (Wildman–Crippen LogP) is 8.11. The Hall–Kier alpha value is -0.780. The number of rotatable bonds is 14. The first-order valence-corrected chi connectivity index (χ1v) is 10.0. The summed E-state index contributed by atoms with van der Waals surface area (Å²) >= 11 is 0. The first kappa shape index (κ1) is 22.2. The first-order chi connectivity index (χ1) is 11.0. The minimum Gasteiger partial charge on any atom is -0.103 e. The minimum absolute atomic E-state index is 0.695. The van der Waals surface area contributed by atoms with Crippen LogP contribution in [0.4, 0.5) is 0 Å². The lowest BCUT2D eigenvalue weighted by Crippen LogP contribution is -1.98. The molecule has 0 spiro atoms. The van der Waals surface area contributed by atoms with E-state index in [-0.39, 0.29) is 0 Å². The van der Waals surface area contributed by atoms with Crippen LogP contribution in [0.2, 0.25) is 0 Å². The molecule has 0 aliphatic rings. The third kappa shape index (κ3) is 13.4. The molecule has 0 heterocycles. The molecule has 0 amide bonds. The molecule has 2 atom stereocenters. The van der Waals surface area contributed by atoms with Crippen LogP contribution in [-0.2, 0) is 0 Å². The van der Waals surface area contributed by atoms with Crippen LogP contribution in [0.1, 0.15) is 92.4 Å². The van der Waals surface area contributed by atoms with E-state index in [1.807, 2.05) is 0 Å². The molecule has 2 unspecified atom stereocenters. The van der Waals surface area contributed by atoms with Gasteiger partial charge < -0.3 is 0 Å². The molecule has 134 valence electrons. The molecule has 0 radical (unpaired) electrons. The van der Waals surface area contributed by atoms with Gasteiger partial charge in [-0.1, -0.05) is 90.2 Å². The highest BCUT2D eigenvalue weighted by Gasteiger charge is 2.05. The maximum absolute atomic E-state index is 3.85. The molecule has 0 aliphatic carbocycles. The minimum atomic E-state index is 0.695. The topological polar surface area (TPSA) is 0 Å². The second-order valence-electron chi connectivity index (χ2n) is 7.54. The van der Waals surface area contributed by atoms with Crippen LogP contribution in [-0.4, -0.2) is 0 Å². The van der Waals surface area contributed by atoms with Crippen molar-refractivity contribution in [3.63, 3.8) is 0 Å². The van der Waals surface area contributed by atoms with Gasteiger partial charge in [0.05, 0.1) is 0 Å². The van der Waals surface area contributed by atoms with E-state index in [1.165, 1.54) is 57.8 Å². The predicted molar refractivity (Wildman–Crippen MR) is 108 cm³/mol. The summed E-state index contributed by atoms with van der Waals surface area (Å²) in [5.74, 6) is 2.35. The van der Waals surface area contributed by atoms with Crippen LogP contribution in [0.3, 0.4) is 0 Å². The quantitative estimate of drug-likeness (QED) is 0.172. The third-order valence-electron chi connectivity index (χ3n) is 4.82. The summed E-state index contributed by atoms with van der Waals surface area (Å²) in [4.78, 5) is 0. The van der Waals surface area contributed by atoms with E-state index in [9.17, 15) is 0 Å². The molecular weight excluding hydrogens is 276 g/mol. The zero-order valence-electron chi connectivity index (χ0n) is 16.6. The van der Waals surface area contributed by atoms with E-state index < -0.39 is 0 Å². The van der Waals surface area contributed by atoms with Crippen molar-refractivity contribution < 1.29 is 0 Å². The highest BCUT2D eigenvalue weighted by atomic mass is 14.1. The van der Waals surface area contributed by atoms with Crippen molar-refractivity contribution in [2.24, 2.45) is 17.8 Å². The monoisotopic (exact) mass is 318 g/mol. The molecular formula is C23H42. The van der Waals surface area contributed by atoms with Crippen molar-refractivity contribution in [3.05, 3.63) is 36.5 Å². The Morgan fingerprint density at radius 3 is 2.30 bits per heavy atom. The molecule has 0 saturated carbocycles. The summed E-state index contributed by atoms with van der Waals surface area (Å²) in [5.41, 5.74) is 1.55. The van der Waals surface area contributed by atoms with E-state index in [0.29, 0.717) is 5.92 Å². The Bertz CT molecular complexity index is 332. The van der Waals surface area contributed by atoms with Crippen molar-refractivity contribution in [2.45, 2.75) is 92.4 Å². The number of hydrogen-bond acceptors (Lipinski definition) is 0. The molecule has 0 heteroatoms. The van der Waals surface area contributed by atoms with Gasteiger partial charge in [0.25, 0.3) is 0 Å². The number of allylic oxidation sites excluding steroid dienone is 5. The summed E-state index contributed by atoms with van der Waals surface area (Å²) in [6.45, 7) is 15.4.